The fourth-order valence-corrected chi connectivity index (χ4v) is 2.14. The molecule has 0 amide bonds. The SMILES string of the molecule is C=CCn1c(C(C)N)nc2cc(Br)ccc21. The van der Waals surface area contributed by atoms with Gasteiger partial charge in [-0.15, -0.1) is 6.58 Å². The second kappa shape index (κ2) is 4.39. The molecule has 0 aliphatic carbocycles. The van der Waals surface area contributed by atoms with Crippen molar-refractivity contribution >= 4 is 27.0 Å². The lowest BCUT2D eigenvalue weighted by Crippen LogP contribution is -2.13. The summed E-state index contributed by atoms with van der Waals surface area (Å²) >= 11 is 3.44. The molecule has 16 heavy (non-hydrogen) atoms. The van der Waals surface area contributed by atoms with E-state index in [2.05, 4.69) is 32.1 Å². The minimum absolute atomic E-state index is 0.0777. The summed E-state index contributed by atoms with van der Waals surface area (Å²) in [5.74, 6) is 0.896. The maximum atomic E-state index is 5.92. The Kier molecular flexibility index (Phi) is 3.12. The Labute approximate surface area is 103 Å². The van der Waals surface area contributed by atoms with Gasteiger partial charge in [-0.1, -0.05) is 22.0 Å². The molecule has 1 unspecified atom stereocenters. The van der Waals surface area contributed by atoms with Crippen LogP contribution in [0.5, 0.6) is 0 Å². The number of rotatable bonds is 3. The summed E-state index contributed by atoms with van der Waals surface area (Å²) in [5, 5.41) is 0. The minimum atomic E-state index is -0.0777. The Balaban J connectivity index is 2.70. The van der Waals surface area contributed by atoms with Gasteiger partial charge in [0.05, 0.1) is 17.1 Å². The number of fused-ring (bicyclic) bond motifs is 1. The molecule has 1 heterocycles. The highest BCUT2D eigenvalue weighted by Crippen LogP contribution is 2.23. The number of benzene rings is 1. The van der Waals surface area contributed by atoms with Crippen LogP contribution in [0.4, 0.5) is 0 Å². The number of nitrogens with two attached hydrogens (primary N) is 1. The summed E-state index contributed by atoms with van der Waals surface area (Å²) in [7, 11) is 0. The molecule has 0 aliphatic rings. The third kappa shape index (κ3) is 1.90. The van der Waals surface area contributed by atoms with E-state index in [0.717, 1.165) is 27.9 Å². The summed E-state index contributed by atoms with van der Waals surface area (Å²) in [6.07, 6.45) is 1.86. The highest BCUT2D eigenvalue weighted by atomic mass is 79.9. The van der Waals surface area contributed by atoms with Gasteiger partial charge >= 0.3 is 0 Å². The molecule has 84 valence electrons. The van der Waals surface area contributed by atoms with Crippen LogP contribution in [0.3, 0.4) is 0 Å². The number of aromatic nitrogens is 2. The van der Waals surface area contributed by atoms with Crippen LogP contribution < -0.4 is 5.73 Å². The zero-order valence-corrected chi connectivity index (χ0v) is 10.7. The second-order valence-electron chi connectivity index (χ2n) is 3.79. The molecule has 1 aromatic heterocycles. The predicted molar refractivity (Wildman–Crippen MR) is 70.2 cm³/mol. The topological polar surface area (TPSA) is 43.8 Å². The maximum Gasteiger partial charge on any atom is 0.126 e. The van der Waals surface area contributed by atoms with Crippen molar-refractivity contribution in [2.75, 3.05) is 0 Å². The molecule has 0 radical (unpaired) electrons. The van der Waals surface area contributed by atoms with Gasteiger partial charge < -0.3 is 10.3 Å². The first-order valence-corrected chi connectivity index (χ1v) is 5.95. The summed E-state index contributed by atoms with van der Waals surface area (Å²) in [4.78, 5) is 4.55. The number of hydrogen-bond acceptors (Lipinski definition) is 2. The lowest BCUT2D eigenvalue weighted by atomic mass is 10.3. The summed E-state index contributed by atoms with van der Waals surface area (Å²) < 4.78 is 3.12. The zero-order chi connectivity index (χ0) is 11.7. The fourth-order valence-electron chi connectivity index (χ4n) is 1.79. The van der Waals surface area contributed by atoms with E-state index in [-0.39, 0.29) is 6.04 Å². The van der Waals surface area contributed by atoms with Gasteiger partial charge in [-0.25, -0.2) is 4.98 Å². The van der Waals surface area contributed by atoms with Crippen molar-refractivity contribution in [1.82, 2.24) is 9.55 Å². The Bertz CT molecular complexity index is 528. The van der Waals surface area contributed by atoms with Crippen LogP contribution >= 0.6 is 15.9 Å². The van der Waals surface area contributed by atoms with Crippen LogP contribution in [0.2, 0.25) is 0 Å². The van der Waals surface area contributed by atoms with Crippen LogP contribution in [0, 0.1) is 0 Å². The lowest BCUT2D eigenvalue weighted by Gasteiger charge is -2.08. The molecule has 4 heteroatoms. The smallest absolute Gasteiger partial charge is 0.126 e. The van der Waals surface area contributed by atoms with Crippen molar-refractivity contribution in [2.45, 2.75) is 19.5 Å². The van der Waals surface area contributed by atoms with Crippen molar-refractivity contribution in [1.29, 1.82) is 0 Å². The van der Waals surface area contributed by atoms with E-state index in [0.29, 0.717) is 0 Å². The van der Waals surface area contributed by atoms with Crippen molar-refractivity contribution in [2.24, 2.45) is 5.73 Å². The Hall–Kier alpha value is -1.13. The van der Waals surface area contributed by atoms with Gasteiger partial charge in [-0.05, 0) is 25.1 Å². The van der Waals surface area contributed by atoms with Crippen molar-refractivity contribution in [3.05, 3.63) is 41.2 Å². The summed E-state index contributed by atoms with van der Waals surface area (Å²) in [6, 6.07) is 5.98. The molecule has 2 rings (SSSR count). The van der Waals surface area contributed by atoms with Gasteiger partial charge in [0, 0.05) is 11.0 Å². The van der Waals surface area contributed by atoms with Crippen LogP contribution in [0.15, 0.2) is 35.3 Å². The molecule has 0 bridgehead atoms. The second-order valence-corrected chi connectivity index (χ2v) is 4.71. The van der Waals surface area contributed by atoms with Crippen molar-refractivity contribution < 1.29 is 0 Å². The highest BCUT2D eigenvalue weighted by Gasteiger charge is 2.12. The van der Waals surface area contributed by atoms with Crippen LogP contribution in [0.25, 0.3) is 11.0 Å². The molecule has 1 aromatic carbocycles. The first kappa shape index (κ1) is 11.4. The average molecular weight is 280 g/mol. The normalized spacial score (nSPS) is 12.9. The van der Waals surface area contributed by atoms with Crippen LogP contribution in [-0.4, -0.2) is 9.55 Å². The number of imidazole rings is 1. The van der Waals surface area contributed by atoms with E-state index in [1.165, 1.54) is 0 Å². The third-order valence-corrected chi connectivity index (χ3v) is 2.95. The van der Waals surface area contributed by atoms with Gasteiger partial charge in [0.15, 0.2) is 0 Å². The fraction of sp³-hybridized carbons (Fsp3) is 0.250. The van der Waals surface area contributed by atoms with Crippen molar-refractivity contribution in [3.8, 4) is 0 Å². The van der Waals surface area contributed by atoms with E-state index in [4.69, 9.17) is 5.73 Å². The monoisotopic (exact) mass is 279 g/mol. The molecule has 0 spiro atoms. The lowest BCUT2D eigenvalue weighted by molar-refractivity contribution is 0.671. The molecule has 0 aliphatic heterocycles. The molecule has 2 aromatic rings. The molecule has 0 fully saturated rings. The predicted octanol–water partition coefficient (Wildman–Crippen LogP) is 3.00. The van der Waals surface area contributed by atoms with Gasteiger partial charge in [0.1, 0.15) is 5.82 Å². The van der Waals surface area contributed by atoms with Crippen LogP contribution in [-0.2, 0) is 6.54 Å². The molecular weight excluding hydrogens is 266 g/mol. The number of allylic oxidation sites excluding steroid dienone is 1. The number of nitrogens with zero attached hydrogens (tertiary/aromatic N) is 2. The largest absolute Gasteiger partial charge is 0.323 e. The van der Waals surface area contributed by atoms with Crippen molar-refractivity contribution in [3.63, 3.8) is 0 Å². The molecule has 0 saturated carbocycles. The maximum absolute atomic E-state index is 5.92. The quantitative estimate of drug-likeness (QED) is 0.878. The van der Waals surface area contributed by atoms with E-state index < -0.39 is 0 Å². The molecule has 2 N–H and O–H groups in total. The van der Waals surface area contributed by atoms with Gasteiger partial charge in [-0.3, -0.25) is 0 Å². The summed E-state index contributed by atoms with van der Waals surface area (Å²) in [5.41, 5.74) is 7.97. The first-order chi connectivity index (χ1) is 7.63. The third-order valence-electron chi connectivity index (χ3n) is 2.46. The molecular formula is C12H14BrN3. The van der Waals surface area contributed by atoms with E-state index >= 15 is 0 Å². The first-order valence-electron chi connectivity index (χ1n) is 5.15. The van der Waals surface area contributed by atoms with E-state index in [1.54, 1.807) is 0 Å². The van der Waals surface area contributed by atoms with Gasteiger partial charge in [0.25, 0.3) is 0 Å². The molecule has 3 nitrogen and oxygen atoms in total. The number of hydrogen-bond donors (Lipinski definition) is 1. The highest BCUT2D eigenvalue weighted by molar-refractivity contribution is 9.10. The molecule has 0 saturated heterocycles. The number of halogens is 1. The Morgan fingerprint density at radius 1 is 1.62 bits per heavy atom. The summed E-state index contributed by atoms with van der Waals surface area (Å²) in [6.45, 7) is 6.43. The van der Waals surface area contributed by atoms with E-state index in [9.17, 15) is 0 Å². The van der Waals surface area contributed by atoms with Gasteiger partial charge in [-0.2, -0.15) is 0 Å². The zero-order valence-electron chi connectivity index (χ0n) is 9.15. The average Bonchev–Trinajstić information content (AvgIpc) is 2.57. The Morgan fingerprint density at radius 2 is 2.38 bits per heavy atom. The molecule has 1 atom stereocenters. The van der Waals surface area contributed by atoms with Gasteiger partial charge in [0.2, 0.25) is 0 Å². The van der Waals surface area contributed by atoms with E-state index in [1.807, 2.05) is 31.2 Å². The Morgan fingerprint density at radius 3 is 3.00 bits per heavy atom. The van der Waals surface area contributed by atoms with Crippen LogP contribution in [0.1, 0.15) is 18.8 Å². The standard InChI is InChI=1S/C12H14BrN3/c1-3-6-16-11-5-4-9(13)7-10(11)15-12(16)8(2)14/h3-5,7-8H,1,6,14H2,2H3. The minimum Gasteiger partial charge on any atom is -0.323 e.